The van der Waals surface area contributed by atoms with Crippen molar-refractivity contribution in [2.75, 3.05) is 26.2 Å². The van der Waals surface area contributed by atoms with Crippen molar-refractivity contribution in [2.24, 2.45) is 16.6 Å². The highest BCUT2D eigenvalue weighted by molar-refractivity contribution is 14.0. The average Bonchev–Trinajstić information content (AvgIpc) is 2.26. The molecule has 0 radical (unpaired) electrons. The second-order valence-corrected chi connectivity index (χ2v) is 6.39. The monoisotopic (exact) mass is 382 g/mol. The van der Waals surface area contributed by atoms with Crippen LogP contribution in [-0.4, -0.2) is 42.6 Å². The molecule has 0 aromatic carbocycles. The van der Waals surface area contributed by atoms with Crippen molar-refractivity contribution >= 4 is 29.9 Å². The van der Waals surface area contributed by atoms with Crippen LogP contribution in [0.3, 0.4) is 0 Å². The Morgan fingerprint density at radius 1 is 1.32 bits per heavy atom. The Hall–Kier alpha value is -0.0400. The zero-order chi connectivity index (χ0) is 13.6. The molecule has 19 heavy (non-hydrogen) atoms. The summed E-state index contributed by atoms with van der Waals surface area (Å²) in [5.74, 6) is 1.29. The molecule has 0 amide bonds. The van der Waals surface area contributed by atoms with Crippen molar-refractivity contribution in [3.63, 3.8) is 0 Å². The van der Waals surface area contributed by atoms with Gasteiger partial charge in [-0.05, 0) is 65.6 Å². The molecule has 1 saturated heterocycles. The van der Waals surface area contributed by atoms with E-state index >= 15 is 0 Å². The molecular weight excluding hydrogens is 351 g/mol. The summed E-state index contributed by atoms with van der Waals surface area (Å²) >= 11 is 0. The predicted octanol–water partition coefficient (Wildman–Crippen LogP) is 2.43. The molecule has 0 saturated carbocycles. The van der Waals surface area contributed by atoms with E-state index in [1.807, 2.05) is 0 Å². The SMILES string of the molecule is CCCN1CCC(CN=C(N)NC(C)(C)C)CC1.I. The molecule has 1 fully saturated rings. The van der Waals surface area contributed by atoms with Gasteiger partial charge >= 0.3 is 0 Å². The van der Waals surface area contributed by atoms with Gasteiger partial charge in [0.1, 0.15) is 0 Å². The van der Waals surface area contributed by atoms with Gasteiger partial charge in [-0.2, -0.15) is 0 Å². The van der Waals surface area contributed by atoms with Gasteiger partial charge in [0.05, 0.1) is 0 Å². The number of nitrogens with two attached hydrogens (primary N) is 1. The lowest BCUT2D eigenvalue weighted by Crippen LogP contribution is -2.45. The van der Waals surface area contributed by atoms with Crippen LogP contribution in [0.5, 0.6) is 0 Å². The fourth-order valence-corrected chi connectivity index (χ4v) is 2.36. The summed E-state index contributed by atoms with van der Waals surface area (Å²) in [5, 5.41) is 3.21. The van der Waals surface area contributed by atoms with Crippen LogP contribution in [0.4, 0.5) is 0 Å². The van der Waals surface area contributed by atoms with E-state index in [-0.39, 0.29) is 29.5 Å². The van der Waals surface area contributed by atoms with Crippen LogP contribution in [-0.2, 0) is 0 Å². The molecule has 3 N–H and O–H groups in total. The fourth-order valence-electron chi connectivity index (χ4n) is 2.36. The first-order valence-electron chi connectivity index (χ1n) is 7.21. The van der Waals surface area contributed by atoms with Gasteiger partial charge in [0.2, 0.25) is 0 Å². The predicted molar refractivity (Wildman–Crippen MR) is 94.2 cm³/mol. The van der Waals surface area contributed by atoms with Crippen LogP contribution in [0.1, 0.15) is 47.0 Å². The second-order valence-electron chi connectivity index (χ2n) is 6.39. The van der Waals surface area contributed by atoms with E-state index in [1.54, 1.807) is 0 Å². The lowest BCUT2D eigenvalue weighted by Gasteiger charge is -2.31. The number of hydrogen-bond donors (Lipinski definition) is 2. The fraction of sp³-hybridized carbons (Fsp3) is 0.929. The minimum absolute atomic E-state index is 0. The molecule has 0 bridgehead atoms. The first kappa shape index (κ1) is 19.0. The van der Waals surface area contributed by atoms with Crippen LogP contribution in [0.15, 0.2) is 4.99 Å². The third-order valence-corrected chi connectivity index (χ3v) is 3.27. The molecule has 114 valence electrons. The molecule has 0 aliphatic carbocycles. The lowest BCUT2D eigenvalue weighted by molar-refractivity contribution is 0.188. The van der Waals surface area contributed by atoms with Gasteiger partial charge in [0, 0.05) is 12.1 Å². The van der Waals surface area contributed by atoms with Crippen molar-refractivity contribution in [1.82, 2.24) is 10.2 Å². The van der Waals surface area contributed by atoms with Crippen molar-refractivity contribution < 1.29 is 0 Å². The van der Waals surface area contributed by atoms with Crippen LogP contribution in [0, 0.1) is 5.92 Å². The summed E-state index contributed by atoms with van der Waals surface area (Å²) in [6.45, 7) is 13.1. The Bertz CT molecular complexity index is 265. The summed E-state index contributed by atoms with van der Waals surface area (Å²) in [5.41, 5.74) is 5.88. The summed E-state index contributed by atoms with van der Waals surface area (Å²) < 4.78 is 0. The zero-order valence-corrected chi connectivity index (χ0v) is 15.2. The molecule has 1 aliphatic heterocycles. The number of rotatable bonds is 4. The first-order valence-corrected chi connectivity index (χ1v) is 7.21. The number of piperidine rings is 1. The molecule has 0 aromatic rings. The van der Waals surface area contributed by atoms with Gasteiger partial charge in [-0.3, -0.25) is 4.99 Å². The molecular formula is C14H31IN4. The number of aliphatic imine (C=N–C) groups is 1. The summed E-state index contributed by atoms with van der Waals surface area (Å²) in [6.07, 6.45) is 3.77. The maximum absolute atomic E-state index is 5.88. The van der Waals surface area contributed by atoms with Gasteiger partial charge in [-0.25, -0.2) is 0 Å². The van der Waals surface area contributed by atoms with Crippen molar-refractivity contribution in [3.8, 4) is 0 Å². The van der Waals surface area contributed by atoms with Crippen LogP contribution < -0.4 is 11.1 Å². The van der Waals surface area contributed by atoms with Crippen molar-refractivity contribution in [2.45, 2.75) is 52.5 Å². The Morgan fingerprint density at radius 3 is 2.37 bits per heavy atom. The Kier molecular flexibility index (Phi) is 8.98. The van der Waals surface area contributed by atoms with Gasteiger partial charge in [0.25, 0.3) is 0 Å². The summed E-state index contributed by atoms with van der Waals surface area (Å²) in [6, 6.07) is 0. The molecule has 0 unspecified atom stereocenters. The van der Waals surface area contributed by atoms with Crippen LogP contribution >= 0.6 is 24.0 Å². The largest absolute Gasteiger partial charge is 0.370 e. The van der Waals surface area contributed by atoms with Gasteiger partial charge in [0.15, 0.2) is 5.96 Å². The number of guanidine groups is 1. The minimum atomic E-state index is -0.00191. The highest BCUT2D eigenvalue weighted by Crippen LogP contribution is 2.17. The summed E-state index contributed by atoms with van der Waals surface area (Å²) in [4.78, 5) is 7.02. The number of nitrogens with one attached hydrogen (secondary N) is 1. The molecule has 1 rings (SSSR count). The minimum Gasteiger partial charge on any atom is -0.370 e. The summed E-state index contributed by atoms with van der Waals surface area (Å²) in [7, 11) is 0. The van der Waals surface area contributed by atoms with E-state index in [9.17, 15) is 0 Å². The zero-order valence-electron chi connectivity index (χ0n) is 12.9. The maximum Gasteiger partial charge on any atom is 0.188 e. The van der Waals surface area contributed by atoms with Crippen molar-refractivity contribution in [3.05, 3.63) is 0 Å². The standard InChI is InChI=1S/C14H30N4.HI/c1-5-8-18-9-6-12(7-10-18)11-16-13(15)17-14(2,3)4;/h12H,5-11H2,1-4H3,(H3,15,16,17);1H. The van der Waals surface area contributed by atoms with Crippen molar-refractivity contribution in [1.29, 1.82) is 0 Å². The quantitative estimate of drug-likeness (QED) is 0.446. The normalized spacial score (nSPS) is 19.1. The maximum atomic E-state index is 5.88. The van der Waals surface area contributed by atoms with E-state index in [1.165, 1.54) is 38.9 Å². The number of nitrogens with zero attached hydrogens (tertiary/aromatic N) is 2. The molecule has 0 spiro atoms. The molecule has 5 heteroatoms. The highest BCUT2D eigenvalue weighted by Gasteiger charge is 2.18. The molecule has 1 aliphatic rings. The number of halogens is 1. The van der Waals surface area contributed by atoms with E-state index in [2.05, 4.69) is 42.9 Å². The number of likely N-dealkylation sites (tertiary alicyclic amines) is 1. The topological polar surface area (TPSA) is 53.6 Å². The molecule has 4 nitrogen and oxygen atoms in total. The number of hydrogen-bond acceptors (Lipinski definition) is 2. The molecule has 1 heterocycles. The second kappa shape index (κ2) is 9.00. The van der Waals surface area contributed by atoms with Gasteiger partial charge < -0.3 is 16.0 Å². The Balaban J connectivity index is 0.00000324. The van der Waals surface area contributed by atoms with Gasteiger partial charge in [-0.1, -0.05) is 6.92 Å². The molecule has 0 aromatic heterocycles. The average molecular weight is 382 g/mol. The van der Waals surface area contributed by atoms with Gasteiger partial charge in [-0.15, -0.1) is 24.0 Å². The first-order chi connectivity index (χ1) is 8.40. The van der Waals surface area contributed by atoms with E-state index in [0.29, 0.717) is 11.9 Å². The van der Waals surface area contributed by atoms with E-state index in [4.69, 9.17) is 5.73 Å². The van der Waals surface area contributed by atoms with Crippen LogP contribution in [0.25, 0.3) is 0 Å². The third kappa shape index (κ3) is 8.68. The highest BCUT2D eigenvalue weighted by atomic mass is 127. The third-order valence-electron chi connectivity index (χ3n) is 3.27. The Labute approximate surface area is 135 Å². The lowest BCUT2D eigenvalue weighted by atomic mass is 9.97. The van der Waals surface area contributed by atoms with Crippen LogP contribution in [0.2, 0.25) is 0 Å². The molecule has 0 atom stereocenters. The smallest absolute Gasteiger partial charge is 0.188 e. The Morgan fingerprint density at radius 2 is 1.89 bits per heavy atom. The van der Waals surface area contributed by atoms with E-state index in [0.717, 1.165) is 6.54 Å². The van der Waals surface area contributed by atoms with E-state index < -0.39 is 0 Å².